The second-order valence-electron chi connectivity index (χ2n) is 12.5. The summed E-state index contributed by atoms with van der Waals surface area (Å²) in [5, 5.41) is 3.33. The van der Waals surface area contributed by atoms with E-state index in [0.717, 1.165) is 53.8 Å². The van der Waals surface area contributed by atoms with Crippen molar-refractivity contribution in [2.24, 2.45) is 0 Å². The molecule has 5 aromatic carbocycles. The van der Waals surface area contributed by atoms with Crippen LogP contribution < -0.4 is 15.1 Å². The summed E-state index contributed by atoms with van der Waals surface area (Å²) in [6.07, 6.45) is 3.34. The third kappa shape index (κ3) is 8.10. The van der Waals surface area contributed by atoms with Crippen LogP contribution in [-0.4, -0.2) is 20.3 Å². The van der Waals surface area contributed by atoms with Gasteiger partial charge >= 0.3 is 12.9 Å². The van der Waals surface area contributed by atoms with Gasteiger partial charge in [0.25, 0.3) is 0 Å². The van der Waals surface area contributed by atoms with Crippen molar-refractivity contribution in [3.8, 4) is 44.6 Å². The van der Waals surface area contributed by atoms with E-state index in [1.54, 1.807) is 0 Å². The summed E-state index contributed by atoms with van der Waals surface area (Å²) < 4.78 is 47.2. The van der Waals surface area contributed by atoms with Crippen LogP contribution in [0.3, 0.4) is 0 Å². The fraction of sp³-hybridized carbons (Fsp3) is 0.163. The smallest absolute Gasteiger partial charge is 0.422 e. The first-order chi connectivity index (χ1) is 25.1. The highest BCUT2D eigenvalue weighted by Gasteiger charge is 2.24. The van der Waals surface area contributed by atoms with Crippen LogP contribution in [0.15, 0.2) is 143 Å². The number of aryl methyl sites for hydroxylation is 1. The Morgan fingerprint density at radius 2 is 1.21 bits per heavy atom. The number of hydrogen-bond acceptors (Lipinski definition) is 3. The van der Waals surface area contributed by atoms with E-state index in [9.17, 15) is 22.1 Å². The molecule has 264 valence electrons. The minimum Gasteiger partial charge on any atom is -0.422 e. The standard InChI is InChI=1S/C43H39N2O2.BF4/c1-4-25-45-29-36-22-21-34(26-38(36)41(32-13-9-7-10-14-32)42(45)33-15-11-8-12-16-33)30-17-19-31(20-18-30)39-27-35-23-24-37(44(5-2)6-3)28-40(35)47-43(39)46;2-1(3,4)5/h7-24,26-29H,4-6,25H2,1-3H3;/q+1;-1. The lowest BCUT2D eigenvalue weighted by molar-refractivity contribution is -0.684. The molecule has 0 atom stereocenters. The first-order valence-corrected chi connectivity index (χ1v) is 17.5. The number of aromatic nitrogens is 1. The Morgan fingerprint density at radius 3 is 1.83 bits per heavy atom. The quantitative estimate of drug-likeness (QED) is 0.0650. The zero-order valence-corrected chi connectivity index (χ0v) is 29.3. The SMILES string of the molecule is CCC[n+]1cc2ccc(-c3ccc(-c4cc5ccc(N(CC)CC)cc5oc4=O)cc3)cc2c(-c2ccccc2)c1-c1ccccc1.F[B-](F)(F)F. The van der Waals surface area contributed by atoms with Crippen molar-refractivity contribution in [1.82, 2.24) is 0 Å². The zero-order chi connectivity index (χ0) is 36.8. The van der Waals surface area contributed by atoms with E-state index < -0.39 is 7.25 Å². The van der Waals surface area contributed by atoms with Gasteiger partial charge in [-0.15, -0.1) is 0 Å². The first kappa shape index (κ1) is 36.1. The third-order valence-corrected chi connectivity index (χ3v) is 9.09. The molecule has 0 fully saturated rings. The Kier molecular flexibility index (Phi) is 10.9. The van der Waals surface area contributed by atoms with Gasteiger partial charge in [0.05, 0.1) is 11.1 Å². The van der Waals surface area contributed by atoms with Crippen LogP contribution in [0.1, 0.15) is 27.2 Å². The molecule has 2 heterocycles. The molecule has 52 heavy (non-hydrogen) atoms. The molecule has 0 aliphatic heterocycles. The lowest BCUT2D eigenvalue weighted by Gasteiger charge is -2.21. The van der Waals surface area contributed by atoms with Gasteiger partial charge in [-0.2, -0.15) is 4.57 Å². The average Bonchev–Trinajstić information content (AvgIpc) is 3.14. The van der Waals surface area contributed by atoms with Gasteiger partial charge in [0, 0.05) is 53.0 Å². The molecule has 0 bridgehead atoms. The number of rotatable bonds is 9. The van der Waals surface area contributed by atoms with Crippen molar-refractivity contribution in [3.63, 3.8) is 0 Å². The second kappa shape index (κ2) is 15.7. The van der Waals surface area contributed by atoms with Gasteiger partial charge in [-0.25, -0.2) is 4.79 Å². The topological polar surface area (TPSA) is 37.3 Å². The lowest BCUT2D eigenvalue weighted by Crippen LogP contribution is -2.36. The van der Waals surface area contributed by atoms with E-state index in [2.05, 4.69) is 133 Å². The molecule has 0 unspecified atom stereocenters. The van der Waals surface area contributed by atoms with Gasteiger partial charge in [0.15, 0.2) is 6.20 Å². The minimum atomic E-state index is -6.00. The monoisotopic (exact) mass is 702 g/mol. The Bertz CT molecular complexity index is 2350. The molecule has 9 heteroatoms. The highest BCUT2D eigenvalue weighted by Crippen LogP contribution is 2.38. The van der Waals surface area contributed by atoms with Crippen LogP contribution in [0, 0.1) is 0 Å². The number of hydrogen-bond donors (Lipinski definition) is 0. The normalized spacial score (nSPS) is 11.4. The Balaban J connectivity index is 0.000000870. The molecule has 0 N–H and O–H groups in total. The van der Waals surface area contributed by atoms with E-state index in [1.165, 1.54) is 33.2 Å². The molecule has 0 aliphatic carbocycles. The molecule has 0 spiro atoms. The highest BCUT2D eigenvalue weighted by molar-refractivity contribution is 6.50. The lowest BCUT2D eigenvalue weighted by atomic mass is 9.91. The number of benzene rings is 5. The third-order valence-electron chi connectivity index (χ3n) is 9.09. The molecular weight excluding hydrogens is 663 g/mol. The predicted octanol–water partition coefficient (Wildman–Crippen LogP) is 11.5. The summed E-state index contributed by atoms with van der Waals surface area (Å²) in [6.45, 7) is 9.21. The second-order valence-corrected chi connectivity index (χ2v) is 12.5. The molecule has 0 aliphatic rings. The van der Waals surface area contributed by atoms with Crippen LogP contribution >= 0.6 is 0 Å². The predicted molar refractivity (Wildman–Crippen MR) is 206 cm³/mol. The number of halogens is 4. The largest absolute Gasteiger partial charge is 0.673 e. The number of anilines is 1. The minimum absolute atomic E-state index is 0.325. The van der Waals surface area contributed by atoms with E-state index in [4.69, 9.17) is 4.42 Å². The van der Waals surface area contributed by atoms with Crippen molar-refractivity contribution >= 4 is 34.7 Å². The van der Waals surface area contributed by atoms with Gasteiger partial charge in [-0.1, -0.05) is 85.8 Å². The van der Waals surface area contributed by atoms with Gasteiger partial charge in [0.1, 0.15) is 12.1 Å². The van der Waals surface area contributed by atoms with E-state index >= 15 is 0 Å². The summed E-state index contributed by atoms with van der Waals surface area (Å²) in [6, 6.07) is 44.5. The summed E-state index contributed by atoms with van der Waals surface area (Å²) in [7, 11) is -6.00. The van der Waals surface area contributed by atoms with Gasteiger partial charge < -0.3 is 26.6 Å². The molecule has 2 aromatic heterocycles. The fourth-order valence-corrected chi connectivity index (χ4v) is 6.72. The van der Waals surface area contributed by atoms with Crippen LogP contribution in [0.4, 0.5) is 23.0 Å². The average molecular weight is 703 g/mol. The molecule has 0 amide bonds. The number of fused-ring (bicyclic) bond motifs is 2. The van der Waals surface area contributed by atoms with E-state index in [0.29, 0.717) is 11.1 Å². The maximum atomic E-state index is 13.2. The molecular formula is C43H39BF4N2O2. The van der Waals surface area contributed by atoms with Crippen LogP contribution in [-0.2, 0) is 6.54 Å². The van der Waals surface area contributed by atoms with Crippen molar-refractivity contribution in [1.29, 1.82) is 0 Å². The van der Waals surface area contributed by atoms with Gasteiger partial charge in [-0.05, 0) is 78.6 Å². The van der Waals surface area contributed by atoms with Crippen LogP contribution in [0.5, 0.6) is 0 Å². The maximum Gasteiger partial charge on any atom is 0.673 e. The van der Waals surface area contributed by atoms with Crippen molar-refractivity contribution < 1.29 is 26.2 Å². The van der Waals surface area contributed by atoms with Crippen molar-refractivity contribution in [2.75, 3.05) is 18.0 Å². The van der Waals surface area contributed by atoms with Gasteiger partial charge in [0.2, 0.25) is 5.69 Å². The molecule has 4 nitrogen and oxygen atoms in total. The van der Waals surface area contributed by atoms with Crippen LogP contribution in [0.2, 0.25) is 0 Å². The van der Waals surface area contributed by atoms with Gasteiger partial charge in [-0.3, -0.25) is 0 Å². The van der Waals surface area contributed by atoms with Crippen molar-refractivity contribution in [2.45, 2.75) is 33.7 Å². The Labute approximate surface area is 300 Å². The van der Waals surface area contributed by atoms with E-state index in [1.807, 2.05) is 30.3 Å². The Morgan fingerprint density at radius 1 is 0.635 bits per heavy atom. The molecule has 7 aromatic rings. The van der Waals surface area contributed by atoms with E-state index in [-0.39, 0.29) is 5.63 Å². The summed E-state index contributed by atoms with van der Waals surface area (Å²) in [5.41, 5.74) is 9.84. The summed E-state index contributed by atoms with van der Waals surface area (Å²) in [5.74, 6) is 0. The molecule has 0 saturated carbocycles. The summed E-state index contributed by atoms with van der Waals surface area (Å²) in [4.78, 5) is 15.4. The van der Waals surface area contributed by atoms with Crippen LogP contribution in [0.25, 0.3) is 66.4 Å². The first-order valence-electron chi connectivity index (χ1n) is 17.5. The fourth-order valence-electron chi connectivity index (χ4n) is 6.72. The number of pyridine rings is 1. The Hall–Kier alpha value is -5.70. The molecule has 7 rings (SSSR count). The maximum absolute atomic E-state index is 13.2. The molecule has 0 saturated heterocycles. The number of nitrogens with zero attached hydrogens (tertiary/aromatic N) is 2. The summed E-state index contributed by atoms with van der Waals surface area (Å²) >= 11 is 0. The molecule has 0 radical (unpaired) electrons. The zero-order valence-electron chi connectivity index (χ0n) is 29.3. The van der Waals surface area contributed by atoms with Crippen molar-refractivity contribution in [3.05, 3.63) is 144 Å². The highest BCUT2D eigenvalue weighted by atomic mass is 19.5.